The number of hydrogen-bond acceptors (Lipinski definition) is 5. The fourth-order valence-corrected chi connectivity index (χ4v) is 3.26. The number of likely N-dealkylation sites (tertiary alicyclic amines) is 1. The molecule has 1 aromatic rings. The van der Waals surface area contributed by atoms with Crippen molar-refractivity contribution in [3.63, 3.8) is 0 Å². The van der Waals surface area contributed by atoms with Gasteiger partial charge in [0.15, 0.2) is 0 Å². The number of alkyl halides is 3. The number of carboxylic acid groups (broad SMARTS) is 1. The second-order valence-corrected chi connectivity index (χ2v) is 6.39. The van der Waals surface area contributed by atoms with E-state index in [2.05, 4.69) is 4.74 Å². The highest BCUT2D eigenvalue weighted by Gasteiger charge is 2.38. The number of rotatable bonds is 6. The Bertz CT molecular complexity index is 782. The molecule has 1 N–H and O–H groups in total. The summed E-state index contributed by atoms with van der Waals surface area (Å²) in [5.41, 5.74) is -0.185. The van der Waals surface area contributed by atoms with Crippen LogP contribution >= 0.6 is 0 Å². The zero-order chi connectivity index (χ0) is 21.8. The number of carbonyl (C=O) groups excluding carboxylic acids is 2. The van der Waals surface area contributed by atoms with Gasteiger partial charge in [0.25, 0.3) is 0 Å². The molecule has 1 aliphatic rings. The Kier molecular flexibility index (Phi) is 7.04. The number of carbonyl (C=O) groups is 3. The van der Waals surface area contributed by atoms with E-state index >= 15 is 0 Å². The first kappa shape index (κ1) is 22.4. The van der Waals surface area contributed by atoms with Crippen molar-refractivity contribution in [2.45, 2.75) is 38.6 Å². The number of benzene rings is 1. The van der Waals surface area contributed by atoms with E-state index in [1.165, 1.54) is 0 Å². The molecule has 1 amide bonds. The number of ether oxygens (including phenoxy) is 2. The number of amides is 1. The third-order valence-electron chi connectivity index (χ3n) is 4.49. The van der Waals surface area contributed by atoms with Gasteiger partial charge in [-0.05, 0) is 25.8 Å². The molecule has 1 saturated heterocycles. The molecular weight excluding hydrogens is 402 g/mol. The van der Waals surface area contributed by atoms with Crippen molar-refractivity contribution in [1.82, 2.24) is 4.90 Å². The van der Waals surface area contributed by atoms with Gasteiger partial charge in [-0.3, -0.25) is 9.59 Å². The molecule has 1 aliphatic heterocycles. The summed E-state index contributed by atoms with van der Waals surface area (Å²) >= 11 is 0. The Morgan fingerprint density at radius 2 is 1.97 bits per heavy atom. The third kappa shape index (κ3) is 6.06. The van der Waals surface area contributed by atoms with Gasteiger partial charge in [0, 0.05) is 24.1 Å². The number of nitrogens with zero attached hydrogens (tertiary/aromatic N) is 1. The van der Waals surface area contributed by atoms with Crippen LogP contribution in [0.5, 0.6) is 5.75 Å². The Balaban J connectivity index is 2.23. The van der Waals surface area contributed by atoms with Crippen LogP contribution in [0.4, 0.5) is 22.4 Å². The van der Waals surface area contributed by atoms with E-state index in [-0.39, 0.29) is 31.6 Å². The first-order valence-corrected chi connectivity index (χ1v) is 8.75. The van der Waals surface area contributed by atoms with Gasteiger partial charge in [-0.15, -0.1) is 13.2 Å². The summed E-state index contributed by atoms with van der Waals surface area (Å²) in [6, 6.07) is 1.27. The predicted molar refractivity (Wildman–Crippen MR) is 89.5 cm³/mol. The van der Waals surface area contributed by atoms with Gasteiger partial charge in [0.1, 0.15) is 23.8 Å². The molecule has 0 spiro atoms. The van der Waals surface area contributed by atoms with Crippen LogP contribution in [0.3, 0.4) is 0 Å². The second kappa shape index (κ2) is 9.10. The zero-order valence-corrected chi connectivity index (χ0v) is 15.4. The van der Waals surface area contributed by atoms with Crippen LogP contribution in [0, 0.1) is 11.7 Å². The molecule has 0 bridgehead atoms. The zero-order valence-electron chi connectivity index (χ0n) is 15.4. The van der Waals surface area contributed by atoms with Crippen LogP contribution < -0.4 is 4.74 Å². The number of esters is 1. The van der Waals surface area contributed by atoms with Gasteiger partial charge in [0.05, 0.1) is 12.6 Å². The SMILES string of the molecule is CCOC(=O)CC(=O)C1CCN(C(=O)O)C(c2ccc(OC(F)(F)F)cc2F)C1. The van der Waals surface area contributed by atoms with Crippen molar-refractivity contribution in [3.05, 3.63) is 29.6 Å². The smallest absolute Gasteiger partial charge is 0.466 e. The van der Waals surface area contributed by atoms with Crippen molar-refractivity contribution >= 4 is 17.8 Å². The van der Waals surface area contributed by atoms with Crippen molar-refractivity contribution in [2.24, 2.45) is 5.92 Å². The Morgan fingerprint density at radius 3 is 2.52 bits per heavy atom. The van der Waals surface area contributed by atoms with Crippen molar-refractivity contribution in [2.75, 3.05) is 13.2 Å². The summed E-state index contributed by atoms with van der Waals surface area (Å²) in [6.45, 7) is 1.59. The van der Waals surface area contributed by atoms with Crippen LogP contribution in [0.15, 0.2) is 18.2 Å². The molecule has 0 radical (unpaired) electrons. The average molecular weight is 421 g/mol. The van der Waals surface area contributed by atoms with Crippen LogP contribution in [-0.4, -0.2) is 47.4 Å². The number of ketones is 1. The molecule has 29 heavy (non-hydrogen) atoms. The van der Waals surface area contributed by atoms with Gasteiger partial charge >= 0.3 is 18.4 Å². The molecule has 0 saturated carbocycles. The largest absolute Gasteiger partial charge is 0.573 e. The van der Waals surface area contributed by atoms with Gasteiger partial charge in [-0.1, -0.05) is 6.07 Å². The molecule has 160 valence electrons. The topological polar surface area (TPSA) is 93.1 Å². The molecule has 7 nitrogen and oxygen atoms in total. The lowest BCUT2D eigenvalue weighted by Crippen LogP contribution is -2.42. The lowest BCUT2D eigenvalue weighted by Gasteiger charge is -2.37. The van der Waals surface area contributed by atoms with E-state index in [0.29, 0.717) is 6.07 Å². The molecule has 1 aromatic carbocycles. The normalized spacial score (nSPS) is 19.6. The molecule has 0 aliphatic carbocycles. The average Bonchev–Trinajstić information content (AvgIpc) is 2.60. The van der Waals surface area contributed by atoms with Crippen LogP contribution in [0.2, 0.25) is 0 Å². The van der Waals surface area contributed by atoms with E-state index in [1.54, 1.807) is 6.92 Å². The van der Waals surface area contributed by atoms with Crippen molar-refractivity contribution < 1.29 is 46.5 Å². The van der Waals surface area contributed by atoms with E-state index < -0.39 is 54.2 Å². The number of hydrogen-bond donors (Lipinski definition) is 1. The van der Waals surface area contributed by atoms with Crippen LogP contribution in [0.25, 0.3) is 0 Å². The Hall–Kier alpha value is -2.85. The predicted octanol–water partition coefficient (Wildman–Crippen LogP) is 3.68. The minimum absolute atomic E-state index is 0.0977. The summed E-state index contributed by atoms with van der Waals surface area (Å²) in [4.78, 5) is 36.3. The van der Waals surface area contributed by atoms with E-state index in [0.717, 1.165) is 17.0 Å². The highest BCUT2D eigenvalue weighted by Crippen LogP contribution is 2.37. The van der Waals surface area contributed by atoms with Gasteiger partial charge in [-0.2, -0.15) is 0 Å². The molecule has 2 atom stereocenters. The number of Topliss-reactive ketones (excluding diaryl/α,β-unsaturated/α-hetero) is 1. The van der Waals surface area contributed by atoms with Gasteiger partial charge < -0.3 is 19.5 Å². The number of halogens is 4. The van der Waals surface area contributed by atoms with Gasteiger partial charge in [-0.25, -0.2) is 9.18 Å². The maximum Gasteiger partial charge on any atom is 0.573 e. The fraction of sp³-hybridized carbons (Fsp3) is 0.500. The van der Waals surface area contributed by atoms with Gasteiger partial charge in [0.2, 0.25) is 0 Å². The number of piperidine rings is 1. The van der Waals surface area contributed by atoms with E-state index in [9.17, 15) is 37.1 Å². The minimum Gasteiger partial charge on any atom is -0.466 e. The molecular formula is C18H19F4NO6. The molecule has 11 heteroatoms. The summed E-state index contributed by atoms with van der Waals surface area (Å²) < 4.78 is 59.7. The molecule has 2 unspecified atom stereocenters. The minimum atomic E-state index is -5.00. The lowest BCUT2D eigenvalue weighted by atomic mass is 9.83. The summed E-state index contributed by atoms with van der Waals surface area (Å²) in [7, 11) is 0. The summed E-state index contributed by atoms with van der Waals surface area (Å²) in [5, 5.41) is 9.38. The highest BCUT2D eigenvalue weighted by molar-refractivity contribution is 5.96. The first-order valence-electron chi connectivity index (χ1n) is 8.75. The van der Waals surface area contributed by atoms with Crippen molar-refractivity contribution in [3.8, 4) is 5.75 Å². The molecule has 1 heterocycles. The Morgan fingerprint density at radius 1 is 1.28 bits per heavy atom. The highest BCUT2D eigenvalue weighted by atomic mass is 19.4. The molecule has 0 aromatic heterocycles. The van der Waals surface area contributed by atoms with E-state index in [4.69, 9.17) is 4.74 Å². The second-order valence-electron chi connectivity index (χ2n) is 6.39. The standard InChI is InChI=1S/C18H19F4NO6/c1-2-28-16(25)9-15(24)10-5-6-23(17(26)27)14(7-10)12-4-3-11(8-13(12)19)29-18(20,21)22/h3-4,8,10,14H,2,5-7,9H2,1H3,(H,26,27). The molecule has 2 rings (SSSR count). The van der Waals surface area contributed by atoms with Crippen LogP contribution in [0.1, 0.15) is 37.8 Å². The quantitative estimate of drug-likeness (QED) is 0.428. The molecule has 1 fully saturated rings. The maximum atomic E-state index is 14.5. The summed E-state index contributed by atoms with van der Waals surface area (Å²) in [5.74, 6) is -3.77. The van der Waals surface area contributed by atoms with E-state index in [1.807, 2.05) is 0 Å². The Labute approximate surface area is 163 Å². The fourth-order valence-electron chi connectivity index (χ4n) is 3.26. The van der Waals surface area contributed by atoms with Crippen molar-refractivity contribution in [1.29, 1.82) is 0 Å². The van der Waals surface area contributed by atoms with Crippen LogP contribution in [-0.2, 0) is 14.3 Å². The first-order chi connectivity index (χ1) is 13.5. The lowest BCUT2D eigenvalue weighted by molar-refractivity contribution is -0.274. The summed E-state index contributed by atoms with van der Waals surface area (Å²) in [6.07, 6.45) is -6.82. The maximum absolute atomic E-state index is 14.5. The monoisotopic (exact) mass is 421 g/mol. The third-order valence-corrected chi connectivity index (χ3v) is 4.49.